The molecule has 10 heteroatoms. The Morgan fingerprint density at radius 1 is 0.500 bits per heavy atom. The standard InChI is InChI=1S/C32H36N2O6S2/c1-25-11-5-7-13-31(25)39-27-15-19-29(20-16-27)41(35,36)33-23-9-3-4-10-24-34-42(37,38)30-21-17-28(18-22-30)40-32-14-8-6-12-26(32)2/h5-8,11-22,33-34H,3-4,9-10,23-24H2,1-2H3. The Labute approximate surface area is 248 Å². The largest absolute Gasteiger partial charge is 0.457 e. The summed E-state index contributed by atoms with van der Waals surface area (Å²) in [6.07, 6.45) is 2.81. The van der Waals surface area contributed by atoms with Gasteiger partial charge in [0.15, 0.2) is 0 Å². The van der Waals surface area contributed by atoms with Crippen LogP contribution in [-0.2, 0) is 20.0 Å². The van der Waals surface area contributed by atoms with Crippen molar-refractivity contribution in [2.45, 2.75) is 49.3 Å². The zero-order valence-corrected chi connectivity index (χ0v) is 25.4. The van der Waals surface area contributed by atoms with Crippen molar-refractivity contribution in [3.05, 3.63) is 108 Å². The molecule has 0 unspecified atom stereocenters. The summed E-state index contributed by atoms with van der Waals surface area (Å²) in [5.74, 6) is 2.56. The van der Waals surface area contributed by atoms with Crippen molar-refractivity contribution in [2.24, 2.45) is 0 Å². The Hall–Kier alpha value is -3.70. The van der Waals surface area contributed by atoms with Crippen molar-refractivity contribution in [3.63, 3.8) is 0 Å². The van der Waals surface area contributed by atoms with Gasteiger partial charge in [-0.25, -0.2) is 26.3 Å². The summed E-state index contributed by atoms with van der Waals surface area (Å²) in [6, 6.07) is 27.8. The predicted octanol–water partition coefficient (Wildman–Crippen LogP) is 6.71. The van der Waals surface area contributed by atoms with E-state index in [4.69, 9.17) is 9.47 Å². The van der Waals surface area contributed by atoms with Crippen molar-refractivity contribution < 1.29 is 26.3 Å². The molecule has 42 heavy (non-hydrogen) atoms. The first kappa shape index (κ1) is 31.2. The molecular weight excluding hydrogens is 572 g/mol. The number of hydrogen-bond acceptors (Lipinski definition) is 6. The third-order valence-corrected chi connectivity index (χ3v) is 9.55. The number of ether oxygens (including phenoxy) is 2. The molecule has 0 saturated heterocycles. The maximum Gasteiger partial charge on any atom is 0.240 e. The molecule has 0 aromatic heterocycles. The fourth-order valence-corrected chi connectivity index (χ4v) is 6.30. The first-order chi connectivity index (χ1) is 20.1. The molecule has 0 radical (unpaired) electrons. The lowest BCUT2D eigenvalue weighted by Crippen LogP contribution is -2.25. The van der Waals surface area contributed by atoms with Gasteiger partial charge in [0.25, 0.3) is 0 Å². The fourth-order valence-electron chi connectivity index (χ4n) is 4.15. The molecule has 0 fully saturated rings. The van der Waals surface area contributed by atoms with Crippen LogP contribution in [0.5, 0.6) is 23.0 Å². The molecule has 0 aliphatic rings. The average molecular weight is 609 g/mol. The topological polar surface area (TPSA) is 111 Å². The number of para-hydroxylation sites is 2. The smallest absolute Gasteiger partial charge is 0.240 e. The Balaban J connectivity index is 1.13. The van der Waals surface area contributed by atoms with Crippen molar-refractivity contribution in [1.29, 1.82) is 0 Å². The van der Waals surface area contributed by atoms with E-state index in [9.17, 15) is 16.8 Å². The summed E-state index contributed by atoms with van der Waals surface area (Å²) in [5.41, 5.74) is 1.98. The summed E-state index contributed by atoms with van der Waals surface area (Å²) in [4.78, 5) is 0.340. The minimum absolute atomic E-state index is 0.170. The highest BCUT2D eigenvalue weighted by Gasteiger charge is 2.15. The molecule has 0 aliphatic carbocycles. The zero-order valence-electron chi connectivity index (χ0n) is 23.7. The van der Waals surface area contributed by atoms with Crippen LogP contribution in [0.15, 0.2) is 107 Å². The van der Waals surface area contributed by atoms with Crippen LogP contribution >= 0.6 is 0 Å². The van der Waals surface area contributed by atoms with Crippen molar-refractivity contribution in [3.8, 4) is 23.0 Å². The summed E-state index contributed by atoms with van der Waals surface area (Å²) in [6.45, 7) is 4.49. The van der Waals surface area contributed by atoms with Crippen LogP contribution in [0.2, 0.25) is 0 Å². The molecular formula is C32H36N2O6S2. The highest BCUT2D eigenvalue weighted by Crippen LogP contribution is 2.27. The zero-order chi connectivity index (χ0) is 30.0. The lowest BCUT2D eigenvalue weighted by molar-refractivity contribution is 0.478. The minimum atomic E-state index is -3.63. The van der Waals surface area contributed by atoms with Gasteiger partial charge >= 0.3 is 0 Å². The molecule has 8 nitrogen and oxygen atoms in total. The summed E-state index contributed by atoms with van der Waals surface area (Å²) in [7, 11) is -7.27. The number of aryl methyl sites for hydroxylation is 2. The van der Waals surface area contributed by atoms with Crippen LogP contribution in [0.3, 0.4) is 0 Å². The highest BCUT2D eigenvalue weighted by atomic mass is 32.2. The predicted molar refractivity (Wildman–Crippen MR) is 164 cm³/mol. The number of benzene rings is 4. The van der Waals surface area contributed by atoms with Gasteiger partial charge in [0.2, 0.25) is 20.0 Å². The Morgan fingerprint density at radius 3 is 1.21 bits per heavy atom. The second kappa shape index (κ2) is 14.5. The number of nitrogens with one attached hydrogen (secondary N) is 2. The minimum Gasteiger partial charge on any atom is -0.457 e. The van der Waals surface area contributed by atoms with Crippen LogP contribution < -0.4 is 18.9 Å². The SMILES string of the molecule is Cc1ccccc1Oc1ccc(S(=O)(=O)NCCCCCCNS(=O)(=O)c2ccc(Oc3ccccc3C)cc2)cc1. The summed E-state index contributed by atoms with van der Waals surface area (Å²) < 4.78 is 67.4. The Bertz CT molecular complexity index is 1540. The summed E-state index contributed by atoms with van der Waals surface area (Å²) in [5, 5.41) is 0. The van der Waals surface area contributed by atoms with Gasteiger partial charge in [-0.15, -0.1) is 0 Å². The van der Waals surface area contributed by atoms with Gasteiger partial charge in [0, 0.05) is 13.1 Å². The van der Waals surface area contributed by atoms with E-state index < -0.39 is 20.0 Å². The molecule has 0 amide bonds. The highest BCUT2D eigenvalue weighted by molar-refractivity contribution is 7.89. The van der Waals surface area contributed by atoms with Gasteiger partial charge in [0.05, 0.1) is 9.79 Å². The number of sulfonamides is 2. The monoisotopic (exact) mass is 608 g/mol. The van der Waals surface area contributed by atoms with Gasteiger partial charge in [-0.2, -0.15) is 0 Å². The molecule has 4 rings (SSSR count). The quantitative estimate of drug-likeness (QED) is 0.145. The summed E-state index contributed by atoms with van der Waals surface area (Å²) >= 11 is 0. The van der Waals surface area contributed by atoms with E-state index in [0.717, 1.165) is 35.5 Å². The lowest BCUT2D eigenvalue weighted by Gasteiger charge is -2.11. The first-order valence-corrected chi connectivity index (χ1v) is 16.8. The van der Waals surface area contributed by atoms with Gasteiger partial charge in [-0.1, -0.05) is 49.2 Å². The van der Waals surface area contributed by atoms with Gasteiger partial charge in [-0.05, 0) is 98.5 Å². The Morgan fingerprint density at radius 2 is 0.857 bits per heavy atom. The lowest BCUT2D eigenvalue weighted by atomic mass is 10.2. The third kappa shape index (κ3) is 8.90. The van der Waals surface area contributed by atoms with E-state index in [1.165, 1.54) is 24.3 Å². The van der Waals surface area contributed by atoms with E-state index >= 15 is 0 Å². The molecule has 0 bridgehead atoms. The number of rotatable bonds is 15. The second-order valence-electron chi connectivity index (χ2n) is 9.89. The third-order valence-electron chi connectivity index (χ3n) is 6.60. The van der Waals surface area contributed by atoms with E-state index in [1.54, 1.807) is 24.3 Å². The molecule has 222 valence electrons. The fraction of sp³-hybridized carbons (Fsp3) is 0.250. The molecule has 4 aromatic carbocycles. The molecule has 4 aromatic rings. The first-order valence-electron chi connectivity index (χ1n) is 13.8. The Kier molecular flexibility index (Phi) is 10.8. The molecule has 0 heterocycles. The van der Waals surface area contributed by atoms with Crippen LogP contribution in [-0.4, -0.2) is 29.9 Å². The number of unbranched alkanes of at least 4 members (excludes halogenated alkanes) is 3. The molecule has 0 spiro atoms. The van der Waals surface area contributed by atoms with Crippen LogP contribution in [0.25, 0.3) is 0 Å². The molecule has 0 aliphatic heterocycles. The van der Waals surface area contributed by atoms with Crippen LogP contribution in [0, 0.1) is 13.8 Å². The van der Waals surface area contributed by atoms with E-state index in [2.05, 4.69) is 9.44 Å². The number of hydrogen-bond donors (Lipinski definition) is 2. The average Bonchev–Trinajstić information content (AvgIpc) is 2.97. The molecule has 2 N–H and O–H groups in total. The van der Waals surface area contributed by atoms with Crippen LogP contribution in [0.1, 0.15) is 36.8 Å². The van der Waals surface area contributed by atoms with Crippen molar-refractivity contribution >= 4 is 20.0 Å². The van der Waals surface area contributed by atoms with Gasteiger partial charge in [-0.3, -0.25) is 0 Å². The van der Waals surface area contributed by atoms with Gasteiger partial charge < -0.3 is 9.47 Å². The van der Waals surface area contributed by atoms with Crippen LogP contribution in [0.4, 0.5) is 0 Å². The second-order valence-corrected chi connectivity index (χ2v) is 13.4. The molecule has 0 saturated carbocycles. The maximum absolute atomic E-state index is 12.6. The van der Waals surface area contributed by atoms with Gasteiger partial charge in [0.1, 0.15) is 23.0 Å². The maximum atomic E-state index is 12.6. The normalized spacial score (nSPS) is 11.8. The van der Waals surface area contributed by atoms with E-state index in [-0.39, 0.29) is 9.79 Å². The van der Waals surface area contributed by atoms with E-state index in [0.29, 0.717) is 37.4 Å². The van der Waals surface area contributed by atoms with Crippen molar-refractivity contribution in [1.82, 2.24) is 9.44 Å². The van der Waals surface area contributed by atoms with Crippen molar-refractivity contribution in [2.75, 3.05) is 13.1 Å². The molecule has 0 atom stereocenters. The van der Waals surface area contributed by atoms with E-state index in [1.807, 2.05) is 62.4 Å².